The Labute approximate surface area is 356 Å². The first kappa shape index (κ1) is 40.0. The summed E-state index contributed by atoms with van der Waals surface area (Å²) in [6.45, 7) is 0. The summed E-state index contributed by atoms with van der Waals surface area (Å²) < 4.78 is 0. The number of hydrogen-bond donors (Lipinski definition) is 8. The summed E-state index contributed by atoms with van der Waals surface area (Å²) in [5.41, 5.74) is 18.5. The van der Waals surface area contributed by atoms with Crippen LogP contribution in [0.5, 0.6) is 0 Å². The first-order valence-corrected chi connectivity index (χ1v) is 19.0. The molecule has 10 rings (SSSR count). The summed E-state index contributed by atoms with van der Waals surface area (Å²) in [5.74, 6) is -10.4. The lowest BCUT2D eigenvalue weighted by atomic mass is 9.81. The molecule has 64 heavy (non-hydrogen) atoms. The predicted octanol–water partition coefficient (Wildman–Crippen LogP) is 6.66. The Hall–Kier alpha value is -9.44. The first-order chi connectivity index (χ1) is 30.5. The number of amides is 4. The Bertz CT molecular complexity index is 3610. The third-order valence-corrected chi connectivity index (χ3v) is 11.7. The molecule has 10 aromatic rings. The van der Waals surface area contributed by atoms with E-state index in [1.807, 2.05) is 48.5 Å². The van der Waals surface area contributed by atoms with Crippen LogP contribution in [0, 0.1) is 0 Å². The SMILES string of the molecule is NC(=O)c1c(C(=O)O)c2c(C(=O)O)ccc3c4cccc5cccc(c(c1C(N)=O)c23)c54.NC(=O)c1c(C(=O)O)c2c(C(=O)O)ccc3c4cccc5cccc(c(c1C(N)=O)c23)c54. The van der Waals surface area contributed by atoms with Crippen LogP contribution in [-0.4, -0.2) is 67.9 Å². The molecular weight excluding hydrogens is 825 g/mol. The number of fused-ring (bicyclic) bond motifs is 4. The lowest BCUT2D eigenvalue weighted by molar-refractivity contribution is 0.0679. The third kappa shape index (κ3) is 5.42. The molecule has 12 N–H and O–H groups in total. The van der Waals surface area contributed by atoms with Crippen molar-refractivity contribution >= 4 is 134 Å². The van der Waals surface area contributed by atoms with Crippen molar-refractivity contribution in [3.05, 3.63) is 142 Å². The molecule has 0 unspecified atom stereocenters. The normalized spacial score (nSPS) is 11.5. The van der Waals surface area contributed by atoms with Gasteiger partial charge in [0, 0.05) is 21.5 Å². The van der Waals surface area contributed by atoms with E-state index in [4.69, 9.17) is 22.9 Å². The van der Waals surface area contributed by atoms with Crippen LogP contribution in [0.1, 0.15) is 82.9 Å². The largest absolute Gasteiger partial charge is 0.478 e. The smallest absolute Gasteiger partial charge is 0.337 e. The van der Waals surface area contributed by atoms with Gasteiger partial charge in [-0.3, -0.25) is 19.2 Å². The highest BCUT2D eigenvalue weighted by Crippen LogP contribution is 2.47. The minimum atomic E-state index is -1.59. The van der Waals surface area contributed by atoms with Crippen molar-refractivity contribution in [2.75, 3.05) is 0 Å². The average Bonchev–Trinajstić information content (AvgIpc) is 3.25. The number of primary amides is 4. The van der Waals surface area contributed by atoms with Crippen molar-refractivity contribution < 1.29 is 58.8 Å². The second kappa shape index (κ2) is 14.1. The predicted molar refractivity (Wildman–Crippen MR) is 237 cm³/mol. The van der Waals surface area contributed by atoms with E-state index in [2.05, 4.69) is 0 Å². The zero-order valence-electron chi connectivity index (χ0n) is 32.6. The van der Waals surface area contributed by atoms with Gasteiger partial charge in [-0.25, -0.2) is 19.2 Å². The average molecular weight is 853 g/mol. The van der Waals surface area contributed by atoms with Crippen LogP contribution in [0.25, 0.3) is 86.2 Å². The van der Waals surface area contributed by atoms with Crippen LogP contribution in [-0.2, 0) is 0 Å². The molecule has 16 nitrogen and oxygen atoms in total. The molecule has 0 aromatic heterocycles. The van der Waals surface area contributed by atoms with Gasteiger partial charge in [-0.15, -0.1) is 0 Å². The monoisotopic (exact) mass is 852 g/mol. The molecule has 0 aliphatic carbocycles. The lowest BCUT2D eigenvalue weighted by Crippen LogP contribution is -2.25. The van der Waals surface area contributed by atoms with Gasteiger partial charge in [0.05, 0.1) is 44.5 Å². The van der Waals surface area contributed by atoms with E-state index in [1.165, 1.54) is 12.1 Å². The van der Waals surface area contributed by atoms with Crippen molar-refractivity contribution in [2.45, 2.75) is 0 Å². The van der Waals surface area contributed by atoms with Gasteiger partial charge < -0.3 is 43.4 Å². The molecule has 312 valence electrons. The standard InChI is InChI=1S/2C24H14N2O6/c2*25-21(27)18-16-12-6-2-4-9-3-1-5-10(14(9)12)11-7-8-13(23(29)30)17(15(11)16)20(24(31)32)19(18)22(26)28/h2*1-8H,(H2,25,27)(H2,26,28)(H,29,30)(H,31,32). The van der Waals surface area contributed by atoms with Gasteiger partial charge >= 0.3 is 23.9 Å². The minimum absolute atomic E-state index is 0.178. The van der Waals surface area contributed by atoms with Gasteiger partial charge in [0.25, 0.3) is 0 Å². The molecule has 0 radical (unpaired) electrons. The van der Waals surface area contributed by atoms with E-state index in [9.17, 15) is 58.8 Å². The number of carbonyl (C=O) groups is 8. The minimum Gasteiger partial charge on any atom is -0.478 e. The number of carboxylic acids is 4. The van der Waals surface area contributed by atoms with Crippen LogP contribution in [0.4, 0.5) is 0 Å². The molecule has 0 saturated heterocycles. The zero-order valence-corrected chi connectivity index (χ0v) is 32.6. The molecule has 10 aromatic carbocycles. The molecule has 0 fully saturated rings. The van der Waals surface area contributed by atoms with E-state index in [0.29, 0.717) is 21.5 Å². The molecule has 0 spiro atoms. The molecule has 0 bridgehead atoms. The fourth-order valence-corrected chi connectivity index (χ4v) is 9.55. The Morgan fingerprint density at radius 1 is 0.281 bits per heavy atom. The summed E-state index contributed by atoms with van der Waals surface area (Å²) in [5, 5.41) is 47.0. The number of benzene rings is 10. The van der Waals surface area contributed by atoms with Gasteiger partial charge in [0.1, 0.15) is 0 Å². The maximum absolute atomic E-state index is 12.6. The molecule has 4 amide bonds. The third-order valence-electron chi connectivity index (χ3n) is 11.7. The van der Waals surface area contributed by atoms with Crippen LogP contribution < -0.4 is 22.9 Å². The van der Waals surface area contributed by atoms with E-state index in [0.717, 1.165) is 32.3 Å². The van der Waals surface area contributed by atoms with Gasteiger partial charge in [-0.2, -0.15) is 0 Å². The number of hydrogen-bond acceptors (Lipinski definition) is 8. The summed E-state index contributed by atoms with van der Waals surface area (Å²) in [4.78, 5) is 98.8. The van der Waals surface area contributed by atoms with Crippen molar-refractivity contribution in [1.82, 2.24) is 0 Å². The molecular formula is C48H28N4O12. The maximum Gasteiger partial charge on any atom is 0.337 e. The summed E-state index contributed by atoms with van der Waals surface area (Å²) in [7, 11) is 0. The van der Waals surface area contributed by atoms with Crippen LogP contribution in [0.15, 0.2) is 97.1 Å². The van der Waals surface area contributed by atoms with Crippen LogP contribution in [0.2, 0.25) is 0 Å². The molecule has 0 heterocycles. The number of rotatable bonds is 8. The highest BCUT2D eigenvalue weighted by Gasteiger charge is 2.34. The highest BCUT2D eigenvalue weighted by atomic mass is 16.4. The molecule has 0 saturated carbocycles. The number of carboxylic acid groups (broad SMARTS) is 4. The quantitative estimate of drug-likeness (QED) is 0.0587. The maximum atomic E-state index is 12.6. The Kier molecular flexibility index (Phi) is 8.79. The molecule has 0 aliphatic rings. The topological polar surface area (TPSA) is 322 Å². The molecule has 0 aliphatic heterocycles. The summed E-state index contributed by atoms with van der Waals surface area (Å²) in [6, 6.07) is 27.5. The fourth-order valence-electron chi connectivity index (χ4n) is 9.55. The zero-order chi connectivity index (χ0) is 45.8. The highest BCUT2D eigenvalue weighted by molar-refractivity contribution is 6.42. The lowest BCUT2D eigenvalue weighted by Gasteiger charge is -2.21. The molecule has 16 heteroatoms. The van der Waals surface area contributed by atoms with E-state index >= 15 is 0 Å². The Morgan fingerprint density at radius 3 is 0.859 bits per heavy atom. The number of aromatic carboxylic acids is 4. The summed E-state index contributed by atoms with van der Waals surface area (Å²) >= 11 is 0. The van der Waals surface area contributed by atoms with Crippen LogP contribution >= 0.6 is 0 Å². The Morgan fingerprint density at radius 2 is 0.578 bits per heavy atom. The first-order valence-electron chi connectivity index (χ1n) is 19.0. The second-order valence-electron chi connectivity index (χ2n) is 14.9. The van der Waals surface area contributed by atoms with Crippen molar-refractivity contribution in [1.29, 1.82) is 0 Å². The number of carbonyl (C=O) groups excluding carboxylic acids is 4. The Balaban J connectivity index is 0.000000162. The fraction of sp³-hybridized carbons (Fsp3) is 0. The van der Waals surface area contributed by atoms with Crippen molar-refractivity contribution in [2.24, 2.45) is 22.9 Å². The van der Waals surface area contributed by atoms with Crippen molar-refractivity contribution in [3.63, 3.8) is 0 Å². The molecule has 0 atom stereocenters. The van der Waals surface area contributed by atoms with Crippen LogP contribution in [0.3, 0.4) is 0 Å². The van der Waals surface area contributed by atoms with Gasteiger partial charge in [-0.1, -0.05) is 84.9 Å². The van der Waals surface area contributed by atoms with E-state index in [1.54, 1.807) is 36.4 Å². The van der Waals surface area contributed by atoms with Gasteiger partial charge in [0.15, 0.2) is 0 Å². The van der Waals surface area contributed by atoms with E-state index < -0.39 is 69.8 Å². The van der Waals surface area contributed by atoms with E-state index in [-0.39, 0.29) is 54.6 Å². The van der Waals surface area contributed by atoms with Crippen molar-refractivity contribution in [3.8, 4) is 0 Å². The van der Waals surface area contributed by atoms with Gasteiger partial charge in [0.2, 0.25) is 23.6 Å². The number of nitrogens with two attached hydrogens (primary N) is 4. The van der Waals surface area contributed by atoms with Gasteiger partial charge in [-0.05, 0) is 76.8 Å². The second-order valence-corrected chi connectivity index (χ2v) is 14.9. The summed E-state index contributed by atoms with van der Waals surface area (Å²) in [6.07, 6.45) is 0.